The third-order valence-corrected chi connectivity index (χ3v) is 6.77. The number of benzene rings is 3. The SMILES string of the molecule is CCN(CC)c1ccc(N2C(=O)C(=O)/C(=C(\O)c3ccc(OC)cc3OC)C2c2cccc(OC)c2)cc1. The molecule has 0 aromatic heterocycles. The van der Waals surface area contributed by atoms with E-state index < -0.39 is 17.7 Å². The lowest BCUT2D eigenvalue weighted by atomic mass is 9.94. The summed E-state index contributed by atoms with van der Waals surface area (Å²) >= 11 is 0. The van der Waals surface area contributed by atoms with Gasteiger partial charge in [0.1, 0.15) is 23.0 Å². The van der Waals surface area contributed by atoms with Crippen LogP contribution in [0.2, 0.25) is 0 Å². The van der Waals surface area contributed by atoms with Crippen LogP contribution < -0.4 is 24.0 Å². The molecule has 1 unspecified atom stereocenters. The fraction of sp³-hybridized carbons (Fsp3) is 0.267. The first-order chi connectivity index (χ1) is 18.4. The van der Waals surface area contributed by atoms with Gasteiger partial charge < -0.3 is 24.2 Å². The molecular weight excluding hydrogens is 484 g/mol. The van der Waals surface area contributed by atoms with Gasteiger partial charge in [-0.3, -0.25) is 14.5 Å². The number of ether oxygens (including phenoxy) is 3. The number of methoxy groups -OCH3 is 3. The molecule has 0 saturated carbocycles. The van der Waals surface area contributed by atoms with Crippen molar-refractivity contribution in [2.75, 3.05) is 44.2 Å². The van der Waals surface area contributed by atoms with Crippen LogP contribution in [0, 0.1) is 0 Å². The van der Waals surface area contributed by atoms with Gasteiger partial charge in [0.05, 0.1) is 38.5 Å². The highest BCUT2D eigenvalue weighted by Gasteiger charge is 2.47. The van der Waals surface area contributed by atoms with Crippen molar-refractivity contribution in [1.29, 1.82) is 0 Å². The summed E-state index contributed by atoms with van der Waals surface area (Å²) in [7, 11) is 4.53. The molecular formula is C30H32N2O6. The van der Waals surface area contributed by atoms with E-state index in [-0.39, 0.29) is 16.9 Å². The molecule has 38 heavy (non-hydrogen) atoms. The average molecular weight is 517 g/mol. The molecule has 0 aliphatic carbocycles. The number of ketones is 1. The van der Waals surface area contributed by atoms with Gasteiger partial charge in [-0.1, -0.05) is 12.1 Å². The highest BCUT2D eigenvalue weighted by Crippen LogP contribution is 2.44. The van der Waals surface area contributed by atoms with Crippen molar-refractivity contribution >= 4 is 28.8 Å². The molecule has 8 nitrogen and oxygen atoms in total. The van der Waals surface area contributed by atoms with Crippen LogP contribution >= 0.6 is 0 Å². The minimum absolute atomic E-state index is 0.0421. The predicted molar refractivity (Wildman–Crippen MR) is 147 cm³/mol. The van der Waals surface area contributed by atoms with Crippen LogP contribution in [0.3, 0.4) is 0 Å². The maximum atomic E-state index is 13.5. The van der Waals surface area contributed by atoms with Gasteiger partial charge in [-0.25, -0.2) is 0 Å². The van der Waals surface area contributed by atoms with Crippen LogP contribution in [-0.2, 0) is 9.59 Å². The predicted octanol–water partition coefficient (Wildman–Crippen LogP) is 5.18. The molecule has 4 rings (SSSR count). The van der Waals surface area contributed by atoms with Gasteiger partial charge in [0.25, 0.3) is 11.7 Å². The summed E-state index contributed by atoms with van der Waals surface area (Å²) in [4.78, 5) is 30.6. The number of aliphatic hydroxyl groups is 1. The number of carbonyl (C=O) groups excluding carboxylic acids is 2. The Morgan fingerprint density at radius 1 is 0.868 bits per heavy atom. The van der Waals surface area contributed by atoms with Crippen LogP contribution in [0.4, 0.5) is 11.4 Å². The van der Waals surface area contributed by atoms with Gasteiger partial charge in [-0.15, -0.1) is 0 Å². The van der Waals surface area contributed by atoms with Crippen molar-refractivity contribution in [3.63, 3.8) is 0 Å². The molecule has 1 fully saturated rings. The minimum atomic E-state index is -0.892. The van der Waals surface area contributed by atoms with Gasteiger partial charge >= 0.3 is 0 Å². The third-order valence-electron chi connectivity index (χ3n) is 6.77. The van der Waals surface area contributed by atoms with Crippen molar-refractivity contribution < 1.29 is 28.9 Å². The Hall–Kier alpha value is -4.46. The standard InChI is InChI=1S/C30H32N2O6/c1-6-31(7-2)20-11-13-21(14-12-20)32-27(19-9-8-10-22(17-19)36-3)26(29(34)30(32)35)28(33)24-16-15-23(37-4)18-25(24)38-5/h8-18,27,33H,6-7H2,1-5H3/b28-26-. The zero-order valence-electron chi connectivity index (χ0n) is 22.2. The van der Waals surface area contributed by atoms with E-state index in [1.807, 2.05) is 24.3 Å². The van der Waals surface area contributed by atoms with E-state index in [1.165, 1.54) is 19.1 Å². The van der Waals surface area contributed by atoms with Gasteiger partial charge in [0.15, 0.2) is 0 Å². The largest absolute Gasteiger partial charge is 0.507 e. The minimum Gasteiger partial charge on any atom is -0.507 e. The van der Waals surface area contributed by atoms with E-state index in [0.717, 1.165) is 18.8 Å². The molecule has 1 saturated heterocycles. The summed E-state index contributed by atoms with van der Waals surface area (Å²) in [5.41, 5.74) is 2.40. The summed E-state index contributed by atoms with van der Waals surface area (Å²) in [5, 5.41) is 11.5. The topological polar surface area (TPSA) is 88.5 Å². The molecule has 0 radical (unpaired) electrons. The molecule has 1 atom stereocenters. The normalized spacial score (nSPS) is 16.4. The Bertz CT molecular complexity index is 1360. The van der Waals surface area contributed by atoms with Crippen molar-refractivity contribution in [2.45, 2.75) is 19.9 Å². The van der Waals surface area contributed by atoms with E-state index in [2.05, 4.69) is 18.7 Å². The number of hydrogen-bond acceptors (Lipinski definition) is 7. The van der Waals surface area contributed by atoms with Gasteiger partial charge in [0, 0.05) is 30.5 Å². The Morgan fingerprint density at radius 2 is 1.53 bits per heavy atom. The summed E-state index contributed by atoms with van der Waals surface area (Å²) in [5.74, 6) is -0.467. The van der Waals surface area contributed by atoms with E-state index in [9.17, 15) is 14.7 Å². The maximum Gasteiger partial charge on any atom is 0.300 e. The number of hydrogen-bond donors (Lipinski definition) is 1. The summed E-state index contributed by atoms with van der Waals surface area (Å²) in [6, 6.07) is 18.6. The molecule has 1 aliphatic heterocycles. The van der Waals surface area contributed by atoms with Crippen LogP contribution in [-0.4, -0.2) is 51.2 Å². The summed E-state index contributed by atoms with van der Waals surface area (Å²) in [6.07, 6.45) is 0. The number of carbonyl (C=O) groups is 2. The fourth-order valence-electron chi connectivity index (χ4n) is 4.78. The molecule has 0 bridgehead atoms. The molecule has 1 N–H and O–H groups in total. The Balaban J connectivity index is 1.92. The van der Waals surface area contributed by atoms with Gasteiger partial charge in [-0.05, 0) is 67.9 Å². The maximum absolute atomic E-state index is 13.5. The molecule has 1 aliphatic rings. The lowest BCUT2D eigenvalue weighted by molar-refractivity contribution is -0.132. The zero-order chi connectivity index (χ0) is 27.4. The molecule has 1 heterocycles. The highest BCUT2D eigenvalue weighted by molar-refractivity contribution is 6.51. The highest BCUT2D eigenvalue weighted by atomic mass is 16.5. The smallest absolute Gasteiger partial charge is 0.300 e. The Morgan fingerprint density at radius 3 is 2.13 bits per heavy atom. The van der Waals surface area contributed by atoms with Crippen LogP contribution in [0.25, 0.3) is 5.76 Å². The Labute approximate surface area is 222 Å². The van der Waals surface area contributed by atoms with Crippen LogP contribution in [0.5, 0.6) is 17.2 Å². The average Bonchev–Trinajstić information content (AvgIpc) is 3.23. The Kier molecular flexibility index (Phi) is 7.90. The van der Waals surface area contributed by atoms with Crippen molar-refractivity contribution in [2.24, 2.45) is 0 Å². The van der Waals surface area contributed by atoms with Gasteiger partial charge in [0.2, 0.25) is 0 Å². The van der Waals surface area contributed by atoms with Crippen molar-refractivity contribution in [3.8, 4) is 17.2 Å². The molecule has 3 aromatic rings. The van der Waals surface area contributed by atoms with E-state index >= 15 is 0 Å². The van der Waals surface area contributed by atoms with Gasteiger partial charge in [-0.2, -0.15) is 0 Å². The van der Waals surface area contributed by atoms with Crippen LogP contribution in [0.1, 0.15) is 31.0 Å². The zero-order valence-corrected chi connectivity index (χ0v) is 22.2. The quantitative estimate of drug-likeness (QED) is 0.238. The number of anilines is 2. The lowest BCUT2D eigenvalue weighted by Crippen LogP contribution is -2.29. The second kappa shape index (κ2) is 11.3. The van der Waals surface area contributed by atoms with E-state index in [0.29, 0.717) is 28.5 Å². The first-order valence-corrected chi connectivity index (χ1v) is 12.4. The van der Waals surface area contributed by atoms with Crippen LogP contribution in [0.15, 0.2) is 72.3 Å². The molecule has 0 spiro atoms. The van der Waals surface area contributed by atoms with E-state index in [4.69, 9.17) is 14.2 Å². The molecule has 198 valence electrons. The fourth-order valence-corrected chi connectivity index (χ4v) is 4.78. The number of Topliss-reactive ketones (excluding diaryl/α,β-unsaturated/α-hetero) is 1. The van der Waals surface area contributed by atoms with Crippen molar-refractivity contribution in [1.82, 2.24) is 0 Å². The summed E-state index contributed by atoms with van der Waals surface area (Å²) < 4.78 is 16.1. The molecule has 1 amide bonds. The number of nitrogens with zero attached hydrogens (tertiary/aromatic N) is 2. The number of aliphatic hydroxyl groups excluding tert-OH is 1. The molecule has 3 aromatic carbocycles. The lowest BCUT2D eigenvalue weighted by Gasteiger charge is -2.27. The van der Waals surface area contributed by atoms with Crippen molar-refractivity contribution in [3.05, 3.63) is 83.4 Å². The first-order valence-electron chi connectivity index (χ1n) is 12.4. The third kappa shape index (κ3) is 4.77. The second-order valence-electron chi connectivity index (χ2n) is 8.70. The summed E-state index contributed by atoms with van der Waals surface area (Å²) in [6.45, 7) is 5.83. The molecule has 8 heteroatoms. The first kappa shape index (κ1) is 26.6. The second-order valence-corrected chi connectivity index (χ2v) is 8.70. The monoisotopic (exact) mass is 516 g/mol. The number of rotatable bonds is 9. The number of amides is 1. The van der Waals surface area contributed by atoms with E-state index in [1.54, 1.807) is 49.6 Å².